The van der Waals surface area contributed by atoms with E-state index in [-0.39, 0.29) is 11.8 Å². The predicted octanol–water partition coefficient (Wildman–Crippen LogP) is 1.93. The summed E-state index contributed by atoms with van der Waals surface area (Å²) in [6.45, 7) is 2.61. The number of piperazine rings is 1. The number of fused-ring (bicyclic) bond motifs is 1. The summed E-state index contributed by atoms with van der Waals surface area (Å²) < 4.78 is 0. The molecule has 3 rings (SSSR count). The summed E-state index contributed by atoms with van der Waals surface area (Å²) in [5, 5.41) is 5.48. The molecule has 1 unspecified atom stereocenters. The molecule has 1 aliphatic rings. The first-order chi connectivity index (χ1) is 9.27. The Balaban J connectivity index is 2.01. The van der Waals surface area contributed by atoms with Crippen molar-refractivity contribution in [3.8, 4) is 0 Å². The van der Waals surface area contributed by atoms with Crippen LogP contribution in [0.4, 0.5) is 0 Å². The van der Waals surface area contributed by atoms with Crippen molar-refractivity contribution >= 4 is 16.6 Å². The van der Waals surface area contributed by atoms with Crippen LogP contribution in [0.15, 0.2) is 42.5 Å². The summed E-state index contributed by atoms with van der Waals surface area (Å²) in [5.74, 6) is 0.214. The number of nitrogens with one attached hydrogen (secondary N) is 1. The summed E-state index contributed by atoms with van der Waals surface area (Å²) in [7, 11) is 2.02. The lowest BCUT2D eigenvalue weighted by Gasteiger charge is -2.32. The molecule has 0 saturated carbocycles. The summed E-state index contributed by atoms with van der Waals surface area (Å²) in [6.07, 6.45) is 0. The molecule has 3 heteroatoms. The van der Waals surface area contributed by atoms with E-state index in [0.717, 1.165) is 36.0 Å². The number of hydrogen-bond donors (Lipinski definition) is 1. The molecule has 1 heterocycles. The molecule has 3 nitrogen and oxygen atoms in total. The molecule has 0 amide bonds. The Kier molecular flexibility index (Phi) is 3.32. The minimum atomic E-state index is -0.0560. The molecule has 0 radical (unpaired) electrons. The predicted molar refractivity (Wildman–Crippen MR) is 77.6 cm³/mol. The van der Waals surface area contributed by atoms with Crippen LogP contribution in [0.25, 0.3) is 10.8 Å². The van der Waals surface area contributed by atoms with Gasteiger partial charge in [0, 0.05) is 25.2 Å². The van der Waals surface area contributed by atoms with Crippen LogP contribution in [0.3, 0.4) is 0 Å². The van der Waals surface area contributed by atoms with E-state index in [4.69, 9.17) is 0 Å². The Labute approximate surface area is 113 Å². The Hall–Kier alpha value is -1.71. The molecule has 2 aromatic carbocycles. The molecule has 0 aliphatic carbocycles. The highest BCUT2D eigenvalue weighted by molar-refractivity contribution is 6.10. The highest BCUT2D eigenvalue weighted by Crippen LogP contribution is 2.21. The molecular weight excluding hydrogens is 236 g/mol. The SMILES string of the molecule is CN1CCNCC1C(=O)c1cccc2ccccc12. The van der Waals surface area contributed by atoms with Gasteiger partial charge in [-0.05, 0) is 17.8 Å². The molecule has 1 N–H and O–H groups in total. The van der Waals surface area contributed by atoms with Gasteiger partial charge in [-0.1, -0.05) is 42.5 Å². The third-order valence-electron chi connectivity index (χ3n) is 3.87. The second-order valence-electron chi connectivity index (χ2n) is 5.09. The molecule has 0 bridgehead atoms. The fraction of sp³-hybridized carbons (Fsp3) is 0.312. The van der Waals surface area contributed by atoms with Gasteiger partial charge in [0.15, 0.2) is 5.78 Å². The minimum Gasteiger partial charge on any atom is -0.313 e. The number of nitrogens with zero attached hydrogens (tertiary/aromatic N) is 1. The molecule has 1 aliphatic heterocycles. The molecule has 2 aromatic rings. The molecule has 1 saturated heterocycles. The van der Waals surface area contributed by atoms with Gasteiger partial charge in [0.2, 0.25) is 0 Å². The van der Waals surface area contributed by atoms with E-state index in [1.165, 1.54) is 0 Å². The van der Waals surface area contributed by atoms with Gasteiger partial charge in [0.1, 0.15) is 0 Å². The Bertz CT molecular complexity index is 603. The van der Waals surface area contributed by atoms with E-state index in [0.29, 0.717) is 0 Å². The minimum absolute atomic E-state index is 0.0560. The number of likely N-dealkylation sites (N-methyl/N-ethyl adjacent to an activating group) is 1. The normalized spacial score (nSPS) is 20.6. The second-order valence-corrected chi connectivity index (χ2v) is 5.09. The first kappa shape index (κ1) is 12.3. The van der Waals surface area contributed by atoms with Gasteiger partial charge < -0.3 is 5.32 Å². The van der Waals surface area contributed by atoms with Crippen molar-refractivity contribution in [3.05, 3.63) is 48.0 Å². The van der Waals surface area contributed by atoms with Gasteiger partial charge >= 0.3 is 0 Å². The third kappa shape index (κ3) is 2.27. The van der Waals surface area contributed by atoms with Crippen molar-refractivity contribution in [3.63, 3.8) is 0 Å². The third-order valence-corrected chi connectivity index (χ3v) is 3.87. The van der Waals surface area contributed by atoms with Crippen LogP contribution in [0.5, 0.6) is 0 Å². The first-order valence-electron chi connectivity index (χ1n) is 6.70. The maximum Gasteiger partial charge on any atom is 0.181 e. The number of hydrogen-bond acceptors (Lipinski definition) is 3. The standard InChI is InChI=1S/C16H18N2O/c1-18-10-9-17-11-15(18)16(19)14-8-4-6-12-5-2-3-7-13(12)14/h2-8,15,17H,9-11H2,1H3. The van der Waals surface area contributed by atoms with Gasteiger partial charge in [-0.25, -0.2) is 0 Å². The van der Waals surface area contributed by atoms with Crippen LogP contribution in [0.2, 0.25) is 0 Å². The zero-order valence-electron chi connectivity index (χ0n) is 11.1. The lowest BCUT2D eigenvalue weighted by molar-refractivity contribution is 0.0821. The topological polar surface area (TPSA) is 32.3 Å². The number of rotatable bonds is 2. The maximum absolute atomic E-state index is 12.7. The lowest BCUT2D eigenvalue weighted by Crippen LogP contribution is -2.53. The monoisotopic (exact) mass is 254 g/mol. The number of benzene rings is 2. The fourth-order valence-electron chi connectivity index (χ4n) is 2.72. The molecule has 19 heavy (non-hydrogen) atoms. The zero-order valence-corrected chi connectivity index (χ0v) is 11.1. The average Bonchev–Trinajstić information content (AvgIpc) is 2.46. The van der Waals surface area contributed by atoms with Crippen molar-refractivity contribution in [2.45, 2.75) is 6.04 Å². The smallest absolute Gasteiger partial charge is 0.181 e. The summed E-state index contributed by atoms with van der Waals surface area (Å²) in [6, 6.07) is 14.0. The second kappa shape index (κ2) is 5.11. The van der Waals surface area contributed by atoms with E-state index in [1.54, 1.807) is 0 Å². The highest BCUT2D eigenvalue weighted by Gasteiger charge is 2.27. The van der Waals surface area contributed by atoms with Crippen LogP contribution in [0.1, 0.15) is 10.4 Å². The average molecular weight is 254 g/mol. The summed E-state index contributed by atoms with van der Waals surface area (Å²) in [5.41, 5.74) is 0.832. The Morgan fingerprint density at radius 2 is 2.00 bits per heavy atom. The van der Waals surface area contributed by atoms with Crippen LogP contribution in [-0.2, 0) is 0 Å². The van der Waals surface area contributed by atoms with E-state index in [9.17, 15) is 4.79 Å². The van der Waals surface area contributed by atoms with E-state index >= 15 is 0 Å². The summed E-state index contributed by atoms with van der Waals surface area (Å²) in [4.78, 5) is 14.9. The molecular formula is C16H18N2O. The number of carbonyl (C=O) groups is 1. The molecule has 1 atom stereocenters. The Morgan fingerprint density at radius 1 is 1.21 bits per heavy atom. The van der Waals surface area contributed by atoms with E-state index in [2.05, 4.69) is 22.3 Å². The fourth-order valence-corrected chi connectivity index (χ4v) is 2.72. The lowest BCUT2D eigenvalue weighted by atomic mass is 9.96. The van der Waals surface area contributed by atoms with Crippen molar-refractivity contribution in [1.82, 2.24) is 10.2 Å². The van der Waals surface area contributed by atoms with Crippen molar-refractivity contribution in [2.24, 2.45) is 0 Å². The van der Waals surface area contributed by atoms with Gasteiger partial charge in [0.25, 0.3) is 0 Å². The largest absolute Gasteiger partial charge is 0.313 e. The van der Waals surface area contributed by atoms with Crippen LogP contribution in [-0.4, -0.2) is 43.4 Å². The quantitative estimate of drug-likeness (QED) is 0.831. The zero-order chi connectivity index (χ0) is 13.2. The van der Waals surface area contributed by atoms with Gasteiger partial charge in [-0.3, -0.25) is 9.69 Å². The molecule has 98 valence electrons. The van der Waals surface area contributed by atoms with Crippen LogP contribution >= 0.6 is 0 Å². The molecule has 1 fully saturated rings. The van der Waals surface area contributed by atoms with Crippen LogP contribution < -0.4 is 5.32 Å². The van der Waals surface area contributed by atoms with Gasteiger partial charge in [-0.15, -0.1) is 0 Å². The molecule has 0 aromatic heterocycles. The first-order valence-corrected chi connectivity index (χ1v) is 6.70. The van der Waals surface area contributed by atoms with Crippen molar-refractivity contribution in [2.75, 3.05) is 26.7 Å². The molecule has 0 spiro atoms. The van der Waals surface area contributed by atoms with E-state index in [1.807, 2.05) is 37.4 Å². The van der Waals surface area contributed by atoms with Crippen molar-refractivity contribution < 1.29 is 4.79 Å². The number of carbonyl (C=O) groups excluding carboxylic acids is 1. The van der Waals surface area contributed by atoms with Crippen LogP contribution in [0, 0.1) is 0 Å². The summed E-state index contributed by atoms with van der Waals surface area (Å²) >= 11 is 0. The highest BCUT2D eigenvalue weighted by atomic mass is 16.1. The van der Waals surface area contributed by atoms with E-state index < -0.39 is 0 Å². The number of ketones is 1. The Morgan fingerprint density at radius 3 is 2.84 bits per heavy atom. The number of Topliss-reactive ketones (excluding diaryl/α,β-unsaturated/α-hetero) is 1. The van der Waals surface area contributed by atoms with Gasteiger partial charge in [-0.2, -0.15) is 0 Å². The van der Waals surface area contributed by atoms with Crippen molar-refractivity contribution in [1.29, 1.82) is 0 Å². The van der Waals surface area contributed by atoms with Gasteiger partial charge in [0.05, 0.1) is 6.04 Å². The maximum atomic E-state index is 12.7.